The van der Waals surface area contributed by atoms with Gasteiger partial charge in [-0.05, 0) is 88.8 Å². The lowest BCUT2D eigenvalue weighted by Crippen LogP contribution is -2.53. The lowest BCUT2D eigenvalue weighted by molar-refractivity contribution is -0.154. The van der Waals surface area contributed by atoms with Gasteiger partial charge in [0.15, 0.2) is 0 Å². The number of nitrogens with two attached hydrogens (primary N) is 2. The molecule has 0 amide bonds. The molecule has 2 aliphatic carbocycles. The number of carbonyl (C=O) groups excluding carboxylic acids is 2. The molecule has 6 nitrogen and oxygen atoms in total. The molecule has 2 aromatic carbocycles. The zero-order valence-corrected chi connectivity index (χ0v) is 26.6. The van der Waals surface area contributed by atoms with Gasteiger partial charge in [0.1, 0.15) is 11.2 Å². The predicted molar refractivity (Wildman–Crippen MR) is 169 cm³/mol. The van der Waals surface area contributed by atoms with Crippen LogP contribution in [0.5, 0.6) is 0 Å². The fourth-order valence-electron chi connectivity index (χ4n) is 6.71. The van der Waals surface area contributed by atoms with Gasteiger partial charge in [0, 0.05) is 58.0 Å². The smallest absolute Gasteiger partial charge is 0.331 e. The summed E-state index contributed by atoms with van der Waals surface area (Å²) in [7, 11) is 0. The second-order valence-corrected chi connectivity index (χ2v) is 14.2. The Labute approximate surface area is 260 Å². The van der Waals surface area contributed by atoms with Crippen LogP contribution in [0.25, 0.3) is 0 Å². The topological polar surface area (TPSA) is 105 Å². The lowest BCUT2D eigenvalue weighted by Gasteiger charge is -2.48. The van der Waals surface area contributed by atoms with E-state index >= 15 is 0 Å². The Hall–Kier alpha value is -2.38. The van der Waals surface area contributed by atoms with Gasteiger partial charge in [-0.15, -0.1) is 0 Å². The summed E-state index contributed by atoms with van der Waals surface area (Å²) in [6.07, 6.45) is 9.29. The van der Waals surface area contributed by atoms with E-state index < -0.39 is 23.1 Å². The van der Waals surface area contributed by atoms with Crippen LogP contribution in [0.15, 0.2) is 60.7 Å². The van der Waals surface area contributed by atoms with Crippen LogP contribution in [0.3, 0.4) is 0 Å². The van der Waals surface area contributed by atoms with E-state index in [0.717, 1.165) is 61.8 Å². The highest BCUT2D eigenvalue weighted by Gasteiger charge is 2.47. The third-order valence-corrected chi connectivity index (χ3v) is 9.79. The number of halogens is 2. The summed E-state index contributed by atoms with van der Waals surface area (Å²) in [5, 5.41) is 1.38. The maximum atomic E-state index is 12.7. The first-order chi connectivity index (χ1) is 19.7. The van der Waals surface area contributed by atoms with E-state index in [1.54, 1.807) is 0 Å². The zero-order valence-electron chi connectivity index (χ0n) is 25.1. The van der Waals surface area contributed by atoms with E-state index in [-0.39, 0.29) is 22.9 Å². The fraction of sp³-hybridized carbons (Fsp3) is 0.529. The molecule has 0 spiro atoms. The van der Waals surface area contributed by atoms with Crippen molar-refractivity contribution in [1.29, 1.82) is 0 Å². The van der Waals surface area contributed by atoms with Crippen molar-refractivity contribution in [3.05, 3.63) is 81.9 Å². The van der Waals surface area contributed by atoms with Crippen LogP contribution in [-0.2, 0) is 29.9 Å². The highest BCUT2D eigenvalue weighted by molar-refractivity contribution is 6.30. The van der Waals surface area contributed by atoms with Crippen LogP contribution in [0.4, 0.5) is 0 Å². The lowest BCUT2D eigenvalue weighted by atomic mass is 9.59. The van der Waals surface area contributed by atoms with Crippen LogP contribution in [-0.4, -0.2) is 35.2 Å². The monoisotopic (exact) mass is 614 g/mol. The molecule has 2 saturated carbocycles. The first kappa shape index (κ1) is 32.5. The number of esters is 2. The van der Waals surface area contributed by atoms with Gasteiger partial charge >= 0.3 is 11.9 Å². The van der Waals surface area contributed by atoms with Gasteiger partial charge in [-0.1, -0.05) is 60.3 Å². The average Bonchev–Trinajstić information content (AvgIpc) is 2.82. The molecule has 2 aliphatic rings. The molecule has 2 atom stereocenters. The predicted octanol–water partition coefficient (Wildman–Crippen LogP) is 7.17. The summed E-state index contributed by atoms with van der Waals surface area (Å²) >= 11 is 12.2. The van der Waals surface area contributed by atoms with Gasteiger partial charge in [-0.25, -0.2) is 9.59 Å². The molecule has 0 radical (unpaired) electrons. The first-order valence-corrected chi connectivity index (χ1v) is 15.6. The van der Waals surface area contributed by atoms with Crippen molar-refractivity contribution < 1.29 is 19.1 Å². The van der Waals surface area contributed by atoms with E-state index in [1.165, 1.54) is 0 Å². The van der Waals surface area contributed by atoms with Gasteiger partial charge in [0.2, 0.25) is 0 Å². The molecule has 0 bridgehead atoms. The van der Waals surface area contributed by atoms with Crippen molar-refractivity contribution in [3.8, 4) is 0 Å². The molecule has 228 valence electrons. The van der Waals surface area contributed by atoms with Gasteiger partial charge in [-0.3, -0.25) is 0 Å². The molecule has 0 aliphatic heterocycles. The van der Waals surface area contributed by atoms with Gasteiger partial charge in [-0.2, -0.15) is 0 Å². The third kappa shape index (κ3) is 7.39. The van der Waals surface area contributed by atoms with Crippen molar-refractivity contribution in [2.45, 2.75) is 113 Å². The number of hydrogen-bond donors (Lipinski definition) is 2. The number of rotatable bonds is 12. The summed E-state index contributed by atoms with van der Waals surface area (Å²) in [6, 6.07) is 15.3. The molecule has 2 unspecified atom stereocenters. The van der Waals surface area contributed by atoms with Crippen molar-refractivity contribution in [2.24, 2.45) is 11.5 Å². The molecule has 8 heteroatoms. The third-order valence-electron chi connectivity index (χ3n) is 9.28. The zero-order chi connectivity index (χ0) is 30.8. The number of benzene rings is 2. The maximum absolute atomic E-state index is 12.7. The Balaban J connectivity index is 1.30. The SMILES string of the molecule is CC(C)(CC(N)C1(c2ccc(Cl)cc2)CCC1)OC(=O)/C=C\C(=O)OC(C)(C)CC(N)C1(c2ccc(Cl)cc2)CCC1. The van der Waals surface area contributed by atoms with Crippen molar-refractivity contribution >= 4 is 35.1 Å². The number of carbonyl (C=O) groups is 2. The van der Waals surface area contributed by atoms with Gasteiger partial charge in [0.05, 0.1) is 0 Å². The molecule has 42 heavy (non-hydrogen) atoms. The van der Waals surface area contributed by atoms with Crippen molar-refractivity contribution in [3.63, 3.8) is 0 Å². The van der Waals surface area contributed by atoms with E-state index in [2.05, 4.69) is 0 Å². The van der Waals surface area contributed by atoms with E-state index in [1.807, 2.05) is 76.2 Å². The van der Waals surface area contributed by atoms with Crippen LogP contribution in [0.2, 0.25) is 10.0 Å². The Morgan fingerprint density at radius 3 is 1.29 bits per heavy atom. The van der Waals surface area contributed by atoms with Crippen LogP contribution in [0, 0.1) is 0 Å². The highest BCUT2D eigenvalue weighted by atomic mass is 35.5. The van der Waals surface area contributed by atoms with Crippen LogP contribution < -0.4 is 11.5 Å². The number of ether oxygens (including phenoxy) is 2. The largest absolute Gasteiger partial charge is 0.456 e. The summed E-state index contributed by atoms with van der Waals surface area (Å²) in [4.78, 5) is 25.4. The second-order valence-electron chi connectivity index (χ2n) is 13.3. The Bertz CT molecular complexity index is 1180. The summed E-state index contributed by atoms with van der Waals surface area (Å²) in [5.74, 6) is -1.24. The molecule has 4 rings (SSSR count). The first-order valence-electron chi connectivity index (χ1n) is 14.8. The molecule has 2 aromatic rings. The van der Waals surface area contributed by atoms with Crippen molar-refractivity contribution in [1.82, 2.24) is 0 Å². The highest BCUT2D eigenvalue weighted by Crippen LogP contribution is 2.49. The molecular formula is C34H44Cl2N2O4. The minimum atomic E-state index is -0.829. The molecule has 0 saturated heterocycles. The Morgan fingerprint density at radius 1 is 0.714 bits per heavy atom. The van der Waals surface area contributed by atoms with Gasteiger partial charge < -0.3 is 20.9 Å². The van der Waals surface area contributed by atoms with E-state index in [9.17, 15) is 9.59 Å². The average molecular weight is 616 g/mol. The maximum Gasteiger partial charge on any atom is 0.331 e. The second kappa shape index (κ2) is 12.7. The van der Waals surface area contributed by atoms with E-state index in [4.69, 9.17) is 44.1 Å². The molecule has 0 aromatic heterocycles. The van der Waals surface area contributed by atoms with E-state index in [0.29, 0.717) is 22.9 Å². The van der Waals surface area contributed by atoms with Gasteiger partial charge in [0.25, 0.3) is 0 Å². The molecule has 2 fully saturated rings. The quantitative estimate of drug-likeness (QED) is 0.194. The minimum Gasteiger partial charge on any atom is -0.456 e. The standard InChI is InChI=1S/C34H44Cl2N2O4/c1-31(2,21-27(37)33(17-5-18-33)23-7-11-25(35)12-8-23)41-29(39)15-16-30(40)42-32(3,4)22-28(38)34(19-6-20-34)24-9-13-26(36)14-10-24/h7-16,27-28H,5-6,17-22,37-38H2,1-4H3/b16-15-. The summed E-state index contributed by atoms with van der Waals surface area (Å²) in [5.41, 5.74) is 13.8. The Morgan fingerprint density at radius 2 is 1.02 bits per heavy atom. The summed E-state index contributed by atoms with van der Waals surface area (Å²) in [6.45, 7) is 7.36. The van der Waals surface area contributed by atoms with Crippen LogP contribution in [0.1, 0.15) is 90.2 Å². The number of hydrogen-bond acceptors (Lipinski definition) is 6. The summed E-state index contributed by atoms with van der Waals surface area (Å²) < 4.78 is 11.5. The molecule has 0 heterocycles. The molecular weight excluding hydrogens is 571 g/mol. The van der Waals surface area contributed by atoms with Crippen LogP contribution >= 0.6 is 23.2 Å². The Kier molecular flexibility index (Phi) is 9.83. The minimum absolute atomic E-state index is 0.161. The van der Waals surface area contributed by atoms with Crippen molar-refractivity contribution in [2.75, 3.05) is 0 Å². The normalized spacial score (nSPS) is 19.3. The molecule has 4 N–H and O–H groups in total. The fourth-order valence-corrected chi connectivity index (χ4v) is 6.96.